The van der Waals surface area contributed by atoms with Crippen LogP contribution < -0.4 is 5.19 Å². The predicted octanol–water partition coefficient (Wildman–Crippen LogP) is 2.52. The number of benzene rings is 1. The summed E-state index contributed by atoms with van der Waals surface area (Å²) < 4.78 is 11.9. The zero-order chi connectivity index (χ0) is 11.9. The van der Waals surface area contributed by atoms with E-state index < -0.39 is 8.56 Å². The van der Waals surface area contributed by atoms with Gasteiger partial charge in [0.2, 0.25) is 0 Å². The Hall–Kier alpha value is -0.903. The summed E-state index contributed by atoms with van der Waals surface area (Å²) >= 11 is 0. The van der Waals surface area contributed by atoms with Crippen LogP contribution in [0.25, 0.3) is 0 Å². The highest BCUT2D eigenvalue weighted by atomic mass is 28.4. The molecule has 2 nitrogen and oxygen atoms in total. The molecule has 0 N–H and O–H groups in total. The average Bonchev–Trinajstić information content (AvgIpc) is 2.31. The van der Waals surface area contributed by atoms with Gasteiger partial charge >= 0.3 is 8.56 Å². The van der Waals surface area contributed by atoms with E-state index in [0.717, 1.165) is 5.19 Å². The van der Waals surface area contributed by atoms with Crippen LogP contribution in [0.3, 0.4) is 0 Å². The van der Waals surface area contributed by atoms with E-state index in [1.165, 1.54) is 0 Å². The standard InChI is InChI=1S/C13H20O2Si/c1-4-12-16(14-5-2,15-6-3)13-10-8-7-9-11-13/h4,7-12H,5-6H2,1-3H3. The van der Waals surface area contributed by atoms with Gasteiger partial charge in [-0.05, 0) is 31.7 Å². The Kier molecular flexibility index (Phi) is 5.45. The van der Waals surface area contributed by atoms with Crippen LogP contribution in [-0.2, 0) is 8.85 Å². The molecule has 88 valence electrons. The smallest absolute Gasteiger partial charge is 0.388 e. The van der Waals surface area contributed by atoms with Gasteiger partial charge < -0.3 is 8.85 Å². The lowest BCUT2D eigenvalue weighted by Crippen LogP contribution is -2.52. The van der Waals surface area contributed by atoms with Crippen molar-refractivity contribution in [2.45, 2.75) is 20.8 Å². The molecule has 0 heterocycles. The van der Waals surface area contributed by atoms with Crippen molar-refractivity contribution in [1.29, 1.82) is 0 Å². The van der Waals surface area contributed by atoms with Crippen LogP contribution in [0.5, 0.6) is 0 Å². The third kappa shape index (κ3) is 3.04. The van der Waals surface area contributed by atoms with Gasteiger partial charge in [0.1, 0.15) is 0 Å². The topological polar surface area (TPSA) is 18.5 Å². The monoisotopic (exact) mass is 236 g/mol. The molecule has 0 saturated heterocycles. The van der Waals surface area contributed by atoms with Crippen molar-refractivity contribution < 1.29 is 8.85 Å². The van der Waals surface area contributed by atoms with Crippen molar-refractivity contribution in [3.05, 3.63) is 42.1 Å². The Bertz CT molecular complexity index is 316. The van der Waals surface area contributed by atoms with Crippen molar-refractivity contribution in [2.75, 3.05) is 13.2 Å². The third-order valence-electron chi connectivity index (χ3n) is 2.28. The highest BCUT2D eigenvalue weighted by molar-refractivity contribution is 6.85. The molecule has 1 aromatic carbocycles. The van der Waals surface area contributed by atoms with E-state index in [1.807, 2.05) is 45.0 Å². The molecule has 0 radical (unpaired) electrons. The Labute approximate surface area is 99.2 Å². The van der Waals surface area contributed by atoms with Crippen LogP contribution >= 0.6 is 0 Å². The van der Waals surface area contributed by atoms with E-state index in [4.69, 9.17) is 8.85 Å². The van der Waals surface area contributed by atoms with E-state index in [1.54, 1.807) is 0 Å². The molecule has 0 aliphatic rings. The van der Waals surface area contributed by atoms with E-state index in [0.29, 0.717) is 13.2 Å². The number of allylic oxidation sites excluding steroid dienone is 1. The SMILES string of the molecule is CC=C[Si](OCC)(OCC)c1ccccc1. The minimum absolute atomic E-state index is 0.672. The van der Waals surface area contributed by atoms with E-state index in [-0.39, 0.29) is 0 Å². The quantitative estimate of drug-likeness (QED) is 0.707. The lowest BCUT2D eigenvalue weighted by atomic mass is 10.4. The molecular weight excluding hydrogens is 216 g/mol. The molecule has 0 aliphatic heterocycles. The Morgan fingerprint density at radius 1 is 1.06 bits per heavy atom. The highest BCUT2D eigenvalue weighted by Gasteiger charge is 2.36. The molecule has 0 saturated carbocycles. The summed E-state index contributed by atoms with van der Waals surface area (Å²) in [6, 6.07) is 10.2. The van der Waals surface area contributed by atoms with Crippen molar-refractivity contribution in [2.24, 2.45) is 0 Å². The first kappa shape index (κ1) is 13.2. The maximum absolute atomic E-state index is 5.93. The molecule has 1 aromatic rings. The molecule has 0 unspecified atom stereocenters. The van der Waals surface area contributed by atoms with Gasteiger partial charge in [-0.2, -0.15) is 0 Å². The average molecular weight is 236 g/mol. The second-order valence-corrected chi connectivity index (χ2v) is 6.22. The molecule has 0 aromatic heterocycles. The Morgan fingerprint density at radius 2 is 1.62 bits per heavy atom. The number of rotatable bonds is 6. The van der Waals surface area contributed by atoms with Crippen LogP contribution in [0.2, 0.25) is 0 Å². The van der Waals surface area contributed by atoms with Gasteiger partial charge in [0, 0.05) is 13.2 Å². The molecule has 3 heteroatoms. The maximum Gasteiger partial charge on any atom is 0.399 e. The van der Waals surface area contributed by atoms with Crippen LogP contribution in [0.1, 0.15) is 20.8 Å². The van der Waals surface area contributed by atoms with Gasteiger partial charge in [-0.3, -0.25) is 0 Å². The molecule has 0 amide bonds. The molecule has 0 bridgehead atoms. The van der Waals surface area contributed by atoms with Gasteiger partial charge in [0.05, 0.1) is 0 Å². The normalized spacial score (nSPS) is 12.2. The van der Waals surface area contributed by atoms with Gasteiger partial charge in [-0.25, -0.2) is 0 Å². The molecule has 0 spiro atoms. The number of hydrogen-bond donors (Lipinski definition) is 0. The maximum atomic E-state index is 5.93. The molecule has 0 fully saturated rings. The van der Waals surface area contributed by atoms with E-state index in [2.05, 4.69) is 17.8 Å². The molecule has 0 aliphatic carbocycles. The molecule has 16 heavy (non-hydrogen) atoms. The van der Waals surface area contributed by atoms with Gasteiger partial charge in [-0.15, -0.1) is 0 Å². The number of hydrogen-bond acceptors (Lipinski definition) is 2. The van der Waals surface area contributed by atoms with Crippen molar-refractivity contribution >= 4 is 13.7 Å². The third-order valence-corrected chi connectivity index (χ3v) is 5.63. The molecule has 0 atom stereocenters. The zero-order valence-electron chi connectivity index (χ0n) is 10.3. The minimum Gasteiger partial charge on any atom is -0.388 e. The van der Waals surface area contributed by atoms with E-state index >= 15 is 0 Å². The lowest BCUT2D eigenvalue weighted by Gasteiger charge is -2.27. The fraction of sp³-hybridized carbons (Fsp3) is 0.385. The fourth-order valence-electron chi connectivity index (χ4n) is 1.72. The van der Waals surface area contributed by atoms with Crippen molar-refractivity contribution in [1.82, 2.24) is 0 Å². The summed E-state index contributed by atoms with van der Waals surface area (Å²) in [4.78, 5) is 0. The molecular formula is C13H20O2Si. The summed E-state index contributed by atoms with van der Waals surface area (Å²) in [5.41, 5.74) is 2.09. The van der Waals surface area contributed by atoms with Crippen molar-refractivity contribution in [3.8, 4) is 0 Å². The molecule has 1 rings (SSSR count). The summed E-state index contributed by atoms with van der Waals surface area (Å²) in [6.07, 6.45) is 2.02. The summed E-state index contributed by atoms with van der Waals surface area (Å²) in [5, 5.41) is 1.16. The van der Waals surface area contributed by atoms with E-state index in [9.17, 15) is 0 Å². The first-order chi connectivity index (χ1) is 7.79. The van der Waals surface area contributed by atoms with Gasteiger partial charge in [0.25, 0.3) is 0 Å². The first-order valence-corrected chi connectivity index (χ1v) is 7.65. The largest absolute Gasteiger partial charge is 0.399 e. The van der Waals surface area contributed by atoms with Gasteiger partial charge in [-0.1, -0.05) is 36.4 Å². The zero-order valence-corrected chi connectivity index (χ0v) is 11.3. The Balaban J connectivity index is 3.09. The van der Waals surface area contributed by atoms with Crippen LogP contribution in [-0.4, -0.2) is 21.8 Å². The van der Waals surface area contributed by atoms with Crippen LogP contribution in [0.4, 0.5) is 0 Å². The highest BCUT2D eigenvalue weighted by Crippen LogP contribution is 2.10. The second kappa shape index (κ2) is 6.63. The lowest BCUT2D eigenvalue weighted by molar-refractivity contribution is 0.207. The second-order valence-electron chi connectivity index (χ2n) is 3.40. The summed E-state index contributed by atoms with van der Waals surface area (Å²) in [7, 11) is -2.35. The van der Waals surface area contributed by atoms with Crippen molar-refractivity contribution in [3.63, 3.8) is 0 Å². The first-order valence-electron chi connectivity index (χ1n) is 5.76. The predicted molar refractivity (Wildman–Crippen MR) is 69.9 cm³/mol. The summed E-state index contributed by atoms with van der Waals surface area (Å²) in [6.45, 7) is 7.36. The van der Waals surface area contributed by atoms with Gasteiger partial charge in [0.15, 0.2) is 0 Å². The Morgan fingerprint density at radius 3 is 2.06 bits per heavy atom. The fourth-order valence-corrected chi connectivity index (χ4v) is 4.47. The van der Waals surface area contributed by atoms with Crippen LogP contribution in [0.15, 0.2) is 42.1 Å². The summed E-state index contributed by atoms with van der Waals surface area (Å²) in [5.74, 6) is 0. The minimum atomic E-state index is -2.35. The van der Waals surface area contributed by atoms with Crippen LogP contribution in [0, 0.1) is 0 Å².